The Kier molecular flexibility index (Phi) is 4.45. The molecule has 0 aliphatic heterocycles. The Morgan fingerprint density at radius 3 is 2.27 bits per heavy atom. The summed E-state index contributed by atoms with van der Waals surface area (Å²) in [6.45, 7) is 5.94. The molecule has 1 amide bonds. The van der Waals surface area contributed by atoms with Gasteiger partial charge in [0, 0.05) is 5.54 Å². The van der Waals surface area contributed by atoms with E-state index in [0.717, 1.165) is 12.8 Å². The molecule has 0 bridgehead atoms. The molecule has 0 aromatic heterocycles. The molecule has 0 radical (unpaired) electrons. The van der Waals surface area contributed by atoms with Gasteiger partial charge in [-0.3, -0.25) is 4.79 Å². The maximum atomic E-state index is 11.8. The predicted octanol–water partition coefficient (Wildman–Crippen LogP) is 3.09. The zero-order valence-corrected chi connectivity index (χ0v) is 10.7. The van der Waals surface area contributed by atoms with Gasteiger partial charge in [-0.1, -0.05) is 19.3 Å². The Morgan fingerprint density at radius 2 is 1.80 bits per heavy atom. The largest absolute Gasteiger partial charge is 0.350 e. The fourth-order valence-corrected chi connectivity index (χ4v) is 2.39. The fraction of sp³-hybridized carbons (Fsp3) is 0.917. The van der Waals surface area contributed by atoms with Gasteiger partial charge in [0.15, 0.2) is 0 Å². The van der Waals surface area contributed by atoms with Crippen molar-refractivity contribution >= 4 is 17.5 Å². The summed E-state index contributed by atoms with van der Waals surface area (Å²) in [5.74, 6) is 0.374. The van der Waals surface area contributed by atoms with Crippen LogP contribution >= 0.6 is 11.6 Å². The molecule has 1 aliphatic rings. The van der Waals surface area contributed by atoms with E-state index in [1.165, 1.54) is 19.3 Å². The molecular weight excluding hydrogens is 210 g/mol. The molecule has 1 unspecified atom stereocenters. The summed E-state index contributed by atoms with van der Waals surface area (Å²) in [4.78, 5) is 11.8. The van der Waals surface area contributed by atoms with Crippen LogP contribution in [0.2, 0.25) is 0 Å². The van der Waals surface area contributed by atoms with E-state index in [9.17, 15) is 4.79 Å². The first-order valence-electron chi connectivity index (χ1n) is 5.86. The lowest BCUT2D eigenvalue weighted by molar-refractivity contribution is -0.123. The lowest BCUT2D eigenvalue weighted by atomic mass is 9.86. The van der Waals surface area contributed by atoms with Gasteiger partial charge in [-0.15, -0.1) is 11.6 Å². The summed E-state index contributed by atoms with van der Waals surface area (Å²) in [7, 11) is 0. The quantitative estimate of drug-likeness (QED) is 0.728. The first kappa shape index (κ1) is 12.8. The van der Waals surface area contributed by atoms with E-state index in [2.05, 4.69) is 5.32 Å². The van der Waals surface area contributed by atoms with Crippen LogP contribution in [0, 0.1) is 5.92 Å². The van der Waals surface area contributed by atoms with Gasteiger partial charge < -0.3 is 5.32 Å². The highest BCUT2D eigenvalue weighted by Gasteiger charge is 2.29. The summed E-state index contributed by atoms with van der Waals surface area (Å²) >= 11 is 6.20. The summed E-state index contributed by atoms with van der Waals surface area (Å²) in [5, 5.41) is 2.60. The average Bonchev–Trinajstić information content (AvgIpc) is 2.15. The third kappa shape index (κ3) is 4.42. The Labute approximate surface area is 97.8 Å². The van der Waals surface area contributed by atoms with Crippen molar-refractivity contribution in [1.29, 1.82) is 0 Å². The van der Waals surface area contributed by atoms with Crippen molar-refractivity contribution in [2.24, 2.45) is 5.92 Å². The number of amides is 1. The van der Waals surface area contributed by atoms with Gasteiger partial charge in [-0.2, -0.15) is 0 Å². The Hall–Kier alpha value is -0.240. The van der Waals surface area contributed by atoms with E-state index in [1.807, 2.05) is 20.8 Å². The van der Waals surface area contributed by atoms with Crippen LogP contribution in [0.5, 0.6) is 0 Å². The topological polar surface area (TPSA) is 29.1 Å². The number of hydrogen-bond acceptors (Lipinski definition) is 1. The number of hydrogen-bond donors (Lipinski definition) is 1. The molecule has 0 heterocycles. The second kappa shape index (κ2) is 5.20. The first-order valence-corrected chi connectivity index (χ1v) is 6.30. The maximum Gasteiger partial charge on any atom is 0.238 e. The van der Waals surface area contributed by atoms with Crippen molar-refractivity contribution in [2.75, 3.05) is 0 Å². The zero-order valence-electron chi connectivity index (χ0n) is 9.98. The van der Waals surface area contributed by atoms with E-state index < -0.39 is 0 Å². The van der Waals surface area contributed by atoms with Crippen LogP contribution in [0.4, 0.5) is 0 Å². The van der Waals surface area contributed by atoms with Crippen molar-refractivity contribution in [1.82, 2.24) is 5.32 Å². The molecule has 0 spiro atoms. The molecule has 1 rings (SSSR count). The SMILES string of the molecule is CC(C)(C)NC(=O)C(Cl)C1CCCCC1. The highest BCUT2D eigenvalue weighted by Crippen LogP contribution is 2.29. The number of rotatable bonds is 2. The third-order valence-electron chi connectivity index (χ3n) is 2.81. The summed E-state index contributed by atoms with van der Waals surface area (Å²) in [6, 6.07) is 0. The van der Waals surface area contributed by atoms with E-state index in [4.69, 9.17) is 11.6 Å². The predicted molar refractivity (Wildman–Crippen MR) is 64.1 cm³/mol. The molecule has 1 atom stereocenters. The van der Waals surface area contributed by atoms with Crippen molar-refractivity contribution in [3.05, 3.63) is 0 Å². The number of nitrogens with one attached hydrogen (secondary N) is 1. The summed E-state index contributed by atoms with van der Waals surface area (Å²) in [6.07, 6.45) is 5.94. The molecule has 0 saturated heterocycles. The van der Waals surface area contributed by atoms with Crippen LogP contribution in [0.3, 0.4) is 0 Å². The zero-order chi connectivity index (χ0) is 11.5. The lowest BCUT2D eigenvalue weighted by Gasteiger charge is -2.28. The molecule has 0 aromatic carbocycles. The molecular formula is C12H22ClNO. The highest BCUT2D eigenvalue weighted by molar-refractivity contribution is 6.31. The van der Waals surface area contributed by atoms with Gasteiger partial charge in [0.25, 0.3) is 0 Å². The lowest BCUT2D eigenvalue weighted by Crippen LogP contribution is -2.46. The van der Waals surface area contributed by atoms with Crippen molar-refractivity contribution in [3.63, 3.8) is 0 Å². The Morgan fingerprint density at radius 1 is 1.27 bits per heavy atom. The monoisotopic (exact) mass is 231 g/mol. The number of halogens is 1. The number of carbonyl (C=O) groups excluding carboxylic acids is 1. The average molecular weight is 232 g/mol. The van der Waals surface area contributed by atoms with Crippen LogP contribution in [-0.4, -0.2) is 16.8 Å². The molecule has 1 aliphatic carbocycles. The smallest absolute Gasteiger partial charge is 0.238 e. The Bertz CT molecular complexity index is 216. The van der Waals surface area contributed by atoms with Crippen LogP contribution in [0.1, 0.15) is 52.9 Å². The van der Waals surface area contributed by atoms with Crippen molar-refractivity contribution in [2.45, 2.75) is 63.8 Å². The van der Waals surface area contributed by atoms with E-state index >= 15 is 0 Å². The van der Waals surface area contributed by atoms with Gasteiger partial charge in [0.2, 0.25) is 5.91 Å². The number of carbonyl (C=O) groups is 1. The Balaban J connectivity index is 2.44. The van der Waals surface area contributed by atoms with E-state index in [1.54, 1.807) is 0 Å². The van der Waals surface area contributed by atoms with Crippen LogP contribution < -0.4 is 5.32 Å². The first-order chi connectivity index (χ1) is 6.90. The fourth-order valence-electron chi connectivity index (χ4n) is 2.08. The second-order valence-corrected chi connectivity index (χ2v) is 6.01. The molecule has 15 heavy (non-hydrogen) atoms. The molecule has 1 N–H and O–H groups in total. The minimum atomic E-state index is -0.343. The summed E-state index contributed by atoms with van der Waals surface area (Å²) < 4.78 is 0. The second-order valence-electron chi connectivity index (χ2n) is 5.54. The van der Waals surface area contributed by atoms with Gasteiger partial charge in [-0.25, -0.2) is 0 Å². The molecule has 3 heteroatoms. The molecule has 88 valence electrons. The van der Waals surface area contributed by atoms with Crippen molar-refractivity contribution < 1.29 is 4.79 Å². The van der Waals surface area contributed by atoms with Crippen LogP contribution in [0.25, 0.3) is 0 Å². The van der Waals surface area contributed by atoms with Crippen LogP contribution in [-0.2, 0) is 4.79 Å². The van der Waals surface area contributed by atoms with Gasteiger partial charge in [0.05, 0.1) is 0 Å². The van der Waals surface area contributed by atoms with E-state index in [-0.39, 0.29) is 16.8 Å². The minimum absolute atomic E-state index is 0.00364. The van der Waals surface area contributed by atoms with Gasteiger partial charge in [-0.05, 0) is 39.5 Å². The normalized spacial score (nSPS) is 21.1. The van der Waals surface area contributed by atoms with E-state index in [0.29, 0.717) is 5.92 Å². The van der Waals surface area contributed by atoms with Crippen LogP contribution in [0.15, 0.2) is 0 Å². The van der Waals surface area contributed by atoms with Gasteiger partial charge in [0.1, 0.15) is 5.38 Å². The summed E-state index contributed by atoms with van der Waals surface area (Å²) in [5.41, 5.74) is -0.182. The van der Waals surface area contributed by atoms with Gasteiger partial charge >= 0.3 is 0 Å². The standard InChI is InChI=1S/C12H22ClNO/c1-12(2,3)14-11(15)10(13)9-7-5-4-6-8-9/h9-10H,4-8H2,1-3H3,(H,14,15). The third-order valence-corrected chi connectivity index (χ3v) is 3.37. The molecule has 2 nitrogen and oxygen atoms in total. The maximum absolute atomic E-state index is 11.8. The highest BCUT2D eigenvalue weighted by atomic mass is 35.5. The molecule has 1 fully saturated rings. The van der Waals surface area contributed by atoms with Crippen molar-refractivity contribution in [3.8, 4) is 0 Å². The molecule has 1 saturated carbocycles. The number of alkyl halides is 1. The molecule has 0 aromatic rings. The minimum Gasteiger partial charge on any atom is -0.350 e.